The van der Waals surface area contributed by atoms with E-state index in [0.717, 1.165) is 15.7 Å². The van der Waals surface area contributed by atoms with Gasteiger partial charge in [-0.15, -0.1) is 0 Å². The van der Waals surface area contributed by atoms with Crippen LogP contribution in [0.1, 0.15) is 26.3 Å². The molecule has 1 N–H and O–H groups in total. The first-order valence-electron chi connectivity index (χ1n) is 6.56. The van der Waals surface area contributed by atoms with Crippen LogP contribution in [0.2, 0.25) is 0 Å². The summed E-state index contributed by atoms with van der Waals surface area (Å²) in [5, 5.41) is 2.79. The van der Waals surface area contributed by atoms with Crippen LogP contribution < -0.4 is 10.2 Å². The molecule has 4 nitrogen and oxygen atoms in total. The first-order valence-corrected chi connectivity index (χ1v) is 7.36. The lowest BCUT2D eigenvalue weighted by atomic mass is 9.84. The molecule has 0 spiro atoms. The lowest BCUT2D eigenvalue weighted by Gasteiger charge is -2.39. The number of carbonyl (C=O) groups excluding carboxylic acids is 2. The maximum Gasteiger partial charge on any atom is 0.250 e. The molecule has 2 rings (SSSR count). The van der Waals surface area contributed by atoms with Gasteiger partial charge in [0, 0.05) is 10.2 Å². The quantitative estimate of drug-likeness (QED) is 0.855. The number of aryl methyl sites for hydroxylation is 1. The highest BCUT2D eigenvalue weighted by atomic mass is 79.9. The molecule has 1 aliphatic rings. The summed E-state index contributed by atoms with van der Waals surface area (Å²) in [7, 11) is 0. The summed E-state index contributed by atoms with van der Waals surface area (Å²) in [6.07, 6.45) is 0. The summed E-state index contributed by atoms with van der Waals surface area (Å²) < 4.78 is 0.901. The number of nitrogens with one attached hydrogen (secondary N) is 1. The van der Waals surface area contributed by atoms with Crippen molar-refractivity contribution in [3.05, 3.63) is 28.2 Å². The maximum atomic E-state index is 12.6. The van der Waals surface area contributed by atoms with Gasteiger partial charge in [-0.25, -0.2) is 0 Å². The van der Waals surface area contributed by atoms with E-state index in [1.165, 1.54) is 0 Å². The van der Waals surface area contributed by atoms with E-state index >= 15 is 0 Å². The summed E-state index contributed by atoms with van der Waals surface area (Å²) in [5.74, 6) is -0.184. The van der Waals surface area contributed by atoms with Crippen LogP contribution in [0, 0.1) is 12.3 Å². The van der Waals surface area contributed by atoms with E-state index in [1.54, 1.807) is 4.90 Å². The number of anilines is 1. The van der Waals surface area contributed by atoms with Gasteiger partial charge < -0.3 is 10.2 Å². The predicted octanol–water partition coefficient (Wildman–Crippen LogP) is 2.64. The molecule has 1 atom stereocenters. The molecule has 0 radical (unpaired) electrons. The van der Waals surface area contributed by atoms with E-state index < -0.39 is 6.04 Å². The number of piperazine rings is 1. The fourth-order valence-electron chi connectivity index (χ4n) is 2.32. The van der Waals surface area contributed by atoms with E-state index in [2.05, 4.69) is 21.2 Å². The van der Waals surface area contributed by atoms with E-state index in [4.69, 9.17) is 0 Å². The minimum atomic E-state index is -0.497. The zero-order chi connectivity index (χ0) is 15.1. The highest BCUT2D eigenvalue weighted by Crippen LogP contribution is 2.28. The fraction of sp³-hybridized carbons (Fsp3) is 0.467. The second kappa shape index (κ2) is 5.20. The van der Waals surface area contributed by atoms with Crippen LogP contribution >= 0.6 is 15.9 Å². The molecule has 0 aromatic heterocycles. The van der Waals surface area contributed by atoms with Crippen LogP contribution in [-0.4, -0.2) is 24.4 Å². The number of hydrogen-bond donors (Lipinski definition) is 1. The minimum Gasteiger partial charge on any atom is -0.342 e. The molecule has 1 unspecified atom stereocenters. The summed E-state index contributed by atoms with van der Waals surface area (Å²) in [6.45, 7) is 7.88. The van der Waals surface area contributed by atoms with E-state index in [1.807, 2.05) is 45.9 Å². The highest BCUT2D eigenvalue weighted by Gasteiger charge is 2.40. The zero-order valence-corrected chi connectivity index (χ0v) is 13.7. The Kier molecular flexibility index (Phi) is 3.91. The van der Waals surface area contributed by atoms with Crippen LogP contribution in [0.25, 0.3) is 0 Å². The van der Waals surface area contributed by atoms with Crippen molar-refractivity contribution >= 4 is 33.4 Å². The Hall–Kier alpha value is -1.36. The Bertz CT molecular complexity index is 543. The number of carbonyl (C=O) groups is 2. The number of halogens is 1. The first kappa shape index (κ1) is 15.0. The number of benzene rings is 1. The van der Waals surface area contributed by atoms with Crippen LogP contribution in [-0.2, 0) is 9.59 Å². The predicted molar refractivity (Wildman–Crippen MR) is 82.6 cm³/mol. The Balaban J connectivity index is 2.40. The third kappa shape index (κ3) is 3.03. The van der Waals surface area contributed by atoms with Crippen LogP contribution in [0.4, 0.5) is 5.69 Å². The van der Waals surface area contributed by atoms with Crippen molar-refractivity contribution in [1.29, 1.82) is 0 Å². The Morgan fingerprint density at radius 3 is 2.45 bits per heavy atom. The lowest BCUT2D eigenvalue weighted by Crippen LogP contribution is -2.62. The van der Waals surface area contributed by atoms with Gasteiger partial charge in [0.25, 0.3) is 5.91 Å². The third-order valence-electron chi connectivity index (χ3n) is 3.32. The molecule has 1 saturated heterocycles. The van der Waals surface area contributed by atoms with Gasteiger partial charge in [0.15, 0.2) is 0 Å². The van der Waals surface area contributed by atoms with Gasteiger partial charge in [-0.3, -0.25) is 9.59 Å². The highest BCUT2D eigenvalue weighted by molar-refractivity contribution is 9.10. The Labute approximate surface area is 127 Å². The average Bonchev–Trinajstić information content (AvgIpc) is 2.29. The molecule has 2 amide bonds. The van der Waals surface area contributed by atoms with Crippen molar-refractivity contribution in [1.82, 2.24) is 5.32 Å². The summed E-state index contributed by atoms with van der Waals surface area (Å²) in [4.78, 5) is 26.1. The van der Waals surface area contributed by atoms with Gasteiger partial charge >= 0.3 is 0 Å². The van der Waals surface area contributed by atoms with Crippen molar-refractivity contribution in [2.75, 3.05) is 11.4 Å². The Morgan fingerprint density at radius 1 is 1.25 bits per heavy atom. The largest absolute Gasteiger partial charge is 0.342 e. The molecule has 1 aromatic carbocycles. The minimum absolute atomic E-state index is 0.0606. The van der Waals surface area contributed by atoms with E-state index in [9.17, 15) is 9.59 Å². The van der Waals surface area contributed by atoms with E-state index in [0.29, 0.717) is 0 Å². The lowest BCUT2D eigenvalue weighted by molar-refractivity contribution is -0.133. The van der Waals surface area contributed by atoms with Crippen molar-refractivity contribution in [2.24, 2.45) is 5.41 Å². The smallest absolute Gasteiger partial charge is 0.250 e. The van der Waals surface area contributed by atoms with Crippen molar-refractivity contribution < 1.29 is 9.59 Å². The van der Waals surface area contributed by atoms with Crippen LogP contribution in [0.3, 0.4) is 0 Å². The molecular formula is C15H19BrN2O2. The molecule has 20 heavy (non-hydrogen) atoms. The number of hydrogen-bond acceptors (Lipinski definition) is 2. The number of nitrogens with zero attached hydrogens (tertiary/aromatic N) is 1. The number of rotatable bonds is 1. The molecular weight excluding hydrogens is 320 g/mol. The summed E-state index contributed by atoms with van der Waals surface area (Å²) in [6, 6.07) is 5.26. The van der Waals surface area contributed by atoms with Gasteiger partial charge in [0.1, 0.15) is 12.6 Å². The molecule has 1 aliphatic heterocycles. The fourth-order valence-corrected chi connectivity index (χ4v) is 2.92. The van der Waals surface area contributed by atoms with Crippen molar-refractivity contribution in [3.63, 3.8) is 0 Å². The number of amides is 2. The molecule has 1 heterocycles. The topological polar surface area (TPSA) is 49.4 Å². The van der Waals surface area contributed by atoms with Crippen molar-refractivity contribution in [2.45, 2.75) is 33.7 Å². The summed E-state index contributed by atoms with van der Waals surface area (Å²) in [5.41, 5.74) is 1.48. The SMILES string of the molecule is Cc1cc(Br)cc(N2CC(=O)NC(C(C)(C)C)C2=O)c1. The van der Waals surface area contributed by atoms with Crippen LogP contribution in [0.15, 0.2) is 22.7 Å². The summed E-state index contributed by atoms with van der Waals surface area (Å²) >= 11 is 3.43. The molecule has 5 heteroatoms. The molecule has 1 fully saturated rings. The second-order valence-corrected chi connectivity index (χ2v) is 7.19. The van der Waals surface area contributed by atoms with E-state index in [-0.39, 0.29) is 23.8 Å². The molecule has 0 bridgehead atoms. The molecule has 1 aromatic rings. The average molecular weight is 339 g/mol. The van der Waals surface area contributed by atoms with Gasteiger partial charge in [0.2, 0.25) is 5.91 Å². The monoisotopic (exact) mass is 338 g/mol. The zero-order valence-electron chi connectivity index (χ0n) is 12.2. The van der Waals surface area contributed by atoms with Crippen molar-refractivity contribution in [3.8, 4) is 0 Å². The van der Waals surface area contributed by atoms with Gasteiger partial charge in [-0.05, 0) is 36.1 Å². The standard InChI is InChI=1S/C15H19BrN2O2/c1-9-5-10(16)7-11(6-9)18-8-12(19)17-13(14(18)20)15(2,3)4/h5-7,13H,8H2,1-4H3,(H,17,19). The molecule has 108 valence electrons. The van der Waals surface area contributed by atoms with Gasteiger partial charge in [-0.2, -0.15) is 0 Å². The first-order chi connectivity index (χ1) is 9.18. The van der Waals surface area contributed by atoms with Crippen LogP contribution in [0.5, 0.6) is 0 Å². The molecule has 0 aliphatic carbocycles. The normalized spacial score (nSPS) is 20.1. The Morgan fingerprint density at radius 2 is 1.90 bits per heavy atom. The van der Waals surface area contributed by atoms with Gasteiger partial charge in [0.05, 0.1) is 0 Å². The van der Waals surface area contributed by atoms with Gasteiger partial charge in [-0.1, -0.05) is 36.7 Å². The third-order valence-corrected chi connectivity index (χ3v) is 3.78. The maximum absolute atomic E-state index is 12.6. The molecule has 0 saturated carbocycles. The second-order valence-electron chi connectivity index (χ2n) is 6.28.